The molecule has 0 saturated carbocycles. The molecule has 0 unspecified atom stereocenters. The first-order valence-corrected chi connectivity index (χ1v) is 15.5. The summed E-state index contributed by atoms with van der Waals surface area (Å²) in [5.41, 5.74) is 15.5. The summed E-state index contributed by atoms with van der Waals surface area (Å²) < 4.78 is 8.83. The Morgan fingerprint density at radius 3 is 2.22 bits per heavy atom. The van der Waals surface area contributed by atoms with Gasteiger partial charge < -0.3 is 4.42 Å². The molecular formula is C41H25N3O. The Kier molecular flexibility index (Phi) is 4.13. The van der Waals surface area contributed by atoms with E-state index in [9.17, 15) is 0 Å². The van der Waals surface area contributed by atoms with E-state index < -0.39 is 0 Å². The zero-order valence-corrected chi connectivity index (χ0v) is 24.7. The number of para-hydroxylation sites is 3. The van der Waals surface area contributed by atoms with Crippen LogP contribution < -0.4 is 0 Å². The summed E-state index contributed by atoms with van der Waals surface area (Å²) >= 11 is 0. The highest BCUT2D eigenvalue weighted by Gasteiger charge is 2.35. The van der Waals surface area contributed by atoms with Crippen molar-refractivity contribution in [2.75, 3.05) is 0 Å². The topological polar surface area (TPSA) is 43.3 Å². The van der Waals surface area contributed by atoms with Gasteiger partial charge in [-0.2, -0.15) is 0 Å². The maximum absolute atomic E-state index is 6.51. The van der Waals surface area contributed by atoms with Crippen LogP contribution in [-0.4, -0.2) is 14.4 Å². The molecule has 1 aliphatic carbocycles. The fourth-order valence-corrected chi connectivity index (χ4v) is 8.21. The molecule has 45 heavy (non-hydrogen) atoms. The van der Waals surface area contributed by atoms with E-state index >= 15 is 0 Å². The van der Waals surface area contributed by atoms with Crippen LogP contribution in [-0.2, 0) is 5.41 Å². The molecule has 0 bridgehead atoms. The van der Waals surface area contributed by atoms with Crippen LogP contribution in [0.1, 0.15) is 25.0 Å². The van der Waals surface area contributed by atoms with Crippen molar-refractivity contribution in [1.29, 1.82) is 0 Å². The summed E-state index contributed by atoms with van der Waals surface area (Å²) in [7, 11) is 0. The molecule has 0 fully saturated rings. The molecule has 0 N–H and O–H groups in total. The molecule has 4 aromatic heterocycles. The molecule has 4 heterocycles. The van der Waals surface area contributed by atoms with Gasteiger partial charge in [0.05, 0.1) is 22.1 Å². The molecule has 0 radical (unpaired) electrons. The smallest absolute Gasteiger partial charge is 0.165 e. The molecule has 0 spiro atoms. The Morgan fingerprint density at radius 2 is 1.31 bits per heavy atom. The number of benzene rings is 6. The SMILES string of the molecule is CC1(C)c2ccccc2-c2ccc(-c3ccc4c(c3)c3c5c(cc6c7nc8ccccc8nc7n4c63)oc3ccccc35)cc21. The summed E-state index contributed by atoms with van der Waals surface area (Å²) in [6, 6.07) is 41.4. The van der Waals surface area contributed by atoms with Gasteiger partial charge in [0.1, 0.15) is 16.7 Å². The zero-order chi connectivity index (χ0) is 29.6. The van der Waals surface area contributed by atoms with E-state index in [2.05, 4.69) is 103 Å². The number of hydrogen-bond donors (Lipinski definition) is 0. The summed E-state index contributed by atoms with van der Waals surface area (Å²) in [5.74, 6) is 0. The first-order valence-electron chi connectivity index (χ1n) is 15.5. The van der Waals surface area contributed by atoms with E-state index in [4.69, 9.17) is 14.4 Å². The highest BCUT2D eigenvalue weighted by Crippen LogP contribution is 2.50. The number of nitrogens with zero attached hydrogens (tertiary/aromatic N) is 3. The molecule has 0 saturated heterocycles. The summed E-state index contributed by atoms with van der Waals surface area (Å²) in [5, 5.41) is 5.74. The standard InChI is InChI=1S/C41H25N3O/c1-41(2)29-11-5-3-9-24(29)25-17-15-23(20-30(25)41)22-16-18-33-27(19-22)37-36-26-10-4-8-14-34(26)45-35(36)21-28-38-40(44(33)39(28)37)43-32-13-7-6-12-31(32)42-38/h3-21H,1-2H3. The monoisotopic (exact) mass is 575 g/mol. The van der Waals surface area contributed by atoms with Gasteiger partial charge >= 0.3 is 0 Å². The number of hydrogen-bond acceptors (Lipinski definition) is 3. The average molecular weight is 576 g/mol. The summed E-state index contributed by atoms with van der Waals surface area (Å²) in [4.78, 5) is 10.3. The van der Waals surface area contributed by atoms with Gasteiger partial charge in [-0.3, -0.25) is 4.40 Å². The largest absolute Gasteiger partial charge is 0.456 e. The molecule has 4 heteroatoms. The predicted octanol–water partition coefficient (Wildman–Crippen LogP) is 10.7. The number of furan rings is 1. The average Bonchev–Trinajstić information content (AvgIpc) is 3.77. The highest BCUT2D eigenvalue weighted by atomic mass is 16.3. The van der Waals surface area contributed by atoms with Crippen LogP contribution in [0.4, 0.5) is 0 Å². The number of aromatic nitrogens is 3. The Morgan fingerprint density at radius 1 is 0.578 bits per heavy atom. The molecule has 210 valence electrons. The minimum absolute atomic E-state index is 0.0508. The lowest BCUT2D eigenvalue weighted by Crippen LogP contribution is -2.14. The van der Waals surface area contributed by atoms with Crippen LogP contribution in [0.2, 0.25) is 0 Å². The van der Waals surface area contributed by atoms with E-state index in [-0.39, 0.29) is 5.41 Å². The fraction of sp³-hybridized carbons (Fsp3) is 0.0732. The van der Waals surface area contributed by atoms with Crippen LogP contribution in [0.3, 0.4) is 0 Å². The van der Waals surface area contributed by atoms with Gasteiger partial charge in [-0.15, -0.1) is 0 Å². The van der Waals surface area contributed by atoms with Crippen molar-refractivity contribution < 1.29 is 4.42 Å². The molecule has 1 aliphatic rings. The first kappa shape index (κ1) is 23.7. The van der Waals surface area contributed by atoms with E-state index in [1.54, 1.807) is 0 Å². The molecule has 0 atom stereocenters. The minimum atomic E-state index is -0.0508. The van der Waals surface area contributed by atoms with Gasteiger partial charge in [0.15, 0.2) is 5.65 Å². The van der Waals surface area contributed by atoms with Crippen LogP contribution in [0.15, 0.2) is 120 Å². The van der Waals surface area contributed by atoms with Gasteiger partial charge in [0.25, 0.3) is 0 Å². The molecule has 6 aromatic carbocycles. The van der Waals surface area contributed by atoms with Crippen LogP contribution in [0, 0.1) is 0 Å². The van der Waals surface area contributed by atoms with Gasteiger partial charge in [0, 0.05) is 32.3 Å². The van der Waals surface area contributed by atoms with Gasteiger partial charge in [0.2, 0.25) is 0 Å². The third-order valence-electron chi connectivity index (χ3n) is 10.3. The zero-order valence-electron chi connectivity index (χ0n) is 24.7. The normalized spacial score (nSPS) is 14.2. The van der Waals surface area contributed by atoms with Crippen LogP contribution in [0.5, 0.6) is 0 Å². The van der Waals surface area contributed by atoms with Crippen LogP contribution in [0.25, 0.3) is 93.6 Å². The van der Waals surface area contributed by atoms with Crippen molar-refractivity contribution in [2.45, 2.75) is 19.3 Å². The first-order chi connectivity index (χ1) is 22.1. The molecule has 0 amide bonds. The number of fused-ring (bicyclic) bond motifs is 14. The van der Waals surface area contributed by atoms with Crippen LogP contribution >= 0.6 is 0 Å². The third kappa shape index (κ3) is 2.83. The van der Waals surface area contributed by atoms with E-state index in [1.165, 1.54) is 44.2 Å². The number of rotatable bonds is 1. The van der Waals surface area contributed by atoms with Crippen molar-refractivity contribution >= 4 is 71.3 Å². The molecule has 10 aromatic rings. The molecular weight excluding hydrogens is 550 g/mol. The summed E-state index contributed by atoms with van der Waals surface area (Å²) in [6.45, 7) is 4.68. The molecule has 11 rings (SSSR count). The van der Waals surface area contributed by atoms with E-state index in [0.29, 0.717) is 0 Å². The lowest BCUT2D eigenvalue weighted by atomic mass is 9.81. The quantitative estimate of drug-likeness (QED) is 0.196. The lowest BCUT2D eigenvalue weighted by Gasteiger charge is -2.22. The van der Waals surface area contributed by atoms with Gasteiger partial charge in [-0.05, 0) is 75.8 Å². The highest BCUT2D eigenvalue weighted by molar-refractivity contribution is 6.34. The Balaban J connectivity index is 1.26. The van der Waals surface area contributed by atoms with Crippen molar-refractivity contribution in [3.05, 3.63) is 126 Å². The Hall–Kier alpha value is -5.74. The van der Waals surface area contributed by atoms with Crippen molar-refractivity contribution in [3.63, 3.8) is 0 Å². The Labute approximate surface area is 257 Å². The van der Waals surface area contributed by atoms with Gasteiger partial charge in [-0.1, -0.05) is 86.6 Å². The van der Waals surface area contributed by atoms with Gasteiger partial charge in [-0.25, -0.2) is 9.97 Å². The molecule has 4 nitrogen and oxygen atoms in total. The summed E-state index contributed by atoms with van der Waals surface area (Å²) in [6.07, 6.45) is 0. The van der Waals surface area contributed by atoms with E-state index in [1.807, 2.05) is 30.3 Å². The maximum Gasteiger partial charge on any atom is 0.165 e. The predicted molar refractivity (Wildman–Crippen MR) is 184 cm³/mol. The molecule has 0 aliphatic heterocycles. The minimum Gasteiger partial charge on any atom is -0.456 e. The Bertz CT molecular complexity index is 2910. The third-order valence-corrected chi connectivity index (χ3v) is 10.3. The van der Waals surface area contributed by atoms with E-state index in [0.717, 1.165) is 60.6 Å². The maximum atomic E-state index is 6.51. The van der Waals surface area contributed by atoms with Crippen molar-refractivity contribution in [2.24, 2.45) is 0 Å². The fourth-order valence-electron chi connectivity index (χ4n) is 8.21. The second-order valence-electron chi connectivity index (χ2n) is 13.0. The van der Waals surface area contributed by atoms with Crippen molar-refractivity contribution in [1.82, 2.24) is 14.4 Å². The lowest BCUT2D eigenvalue weighted by molar-refractivity contribution is 0.660. The second kappa shape index (κ2) is 7.85. The second-order valence-corrected chi connectivity index (χ2v) is 13.0. The van der Waals surface area contributed by atoms with Crippen molar-refractivity contribution in [3.8, 4) is 22.3 Å².